The number of nitrogens with two attached hydrogens (primary N) is 1. The summed E-state index contributed by atoms with van der Waals surface area (Å²) in [5.41, 5.74) is 6.53. The predicted octanol–water partition coefficient (Wildman–Crippen LogP) is 0.777. The number of benzene rings is 1. The second-order valence-corrected chi connectivity index (χ2v) is 3.64. The zero-order chi connectivity index (χ0) is 14.3. The molecule has 7 heteroatoms. The molecule has 0 aliphatic heterocycles. The molecule has 1 aromatic rings. The highest BCUT2D eigenvalue weighted by molar-refractivity contribution is 5.94. The SMILES string of the molecule is COC(=O)Nc1ccc(NC(=O)C(CN)OC)cc1. The van der Waals surface area contributed by atoms with Crippen LogP contribution in [0.15, 0.2) is 24.3 Å². The third-order valence-corrected chi connectivity index (χ3v) is 2.38. The first-order valence-electron chi connectivity index (χ1n) is 5.59. The fraction of sp³-hybridized carbons (Fsp3) is 0.333. The fourth-order valence-electron chi connectivity index (χ4n) is 1.34. The standard InChI is InChI=1S/C12H17N3O4/c1-18-10(7-13)11(16)14-8-3-5-9(6-4-8)15-12(17)19-2/h3-6,10H,7,13H2,1-2H3,(H,14,16)(H,15,17). The van der Waals surface area contributed by atoms with Crippen molar-refractivity contribution >= 4 is 23.4 Å². The van der Waals surface area contributed by atoms with Gasteiger partial charge in [-0.3, -0.25) is 10.1 Å². The van der Waals surface area contributed by atoms with Crippen LogP contribution in [-0.4, -0.2) is 38.9 Å². The molecule has 4 N–H and O–H groups in total. The Morgan fingerprint density at radius 3 is 2.11 bits per heavy atom. The number of hydrogen-bond donors (Lipinski definition) is 3. The van der Waals surface area contributed by atoms with Crippen molar-refractivity contribution in [2.75, 3.05) is 31.4 Å². The summed E-state index contributed by atoms with van der Waals surface area (Å²) in [6.45, 7) is 0.102. The molecule has 2 amide bonds. The van der Waals surface area contributed by atoms with Crippen molar-refractivity contribution < 1.29 is 19.1 Å². The second-order valence-electron chi connectivity index (χ2n) is 3.64. The Balaban J connectivity index is 2.61. The predicted molar refractivity (Wildman–Crippen MR) is 71.0 cm³/mol. The second kappa shape index (κ2) is 7.34. The van der Waals surface area contributed by atoms with Crippen LogP contribution < -0.4 is 16.4 Å². The average Bonchev–Trinajstić information content (AvgIpc) is 2.42. The van der Waals surface area contributed by atoms with Gasteiger partial charge in [-0.2, -0.15) is 0 Å². The molecule has 0 aromatic heterocycles. The summed E-state index contributed by atoms with van der Waals surface area (Å²) in [6, 6.07) is 6.56. The number of anilines is 2. The summed E-state index contributed by atoms with van der Waals surface area (Å²) in [5.74, 6) is -0.321. The van der Waals surface area contributed by atoms with Gasteiger partial charge in [0.05, 0.1) is 7.11 Å². The van der Waals surface area contributed by atoms with E-state index >= 15 is 0 Å². The lowest BCUT2D eigenvalue weighted by Crippen LogP contribution is -2.35. The van der Waals surface area contributed by atoms with E-state index in [1.54, 1.807) is 24.3 Å². The van der Waals surface area contributed by atoms with Gasteiger partial charge in [0.15, 0.2) is 0 Å². The molecule has 0 heterocycles. The van der Waals surface area contributed by atoms with E-state index in [0.29, 0.717) is 11.4 Å². The third-order valence-electron chi connectivity index (χ3n) is 2.38. The maximum Gasteiger partial charge on any atom is 0.411 e. The van der Waals surface area contributed by atoms with Gasteiger partial charge < -0.3 is 20.5 Å². The lowest BCUT2D eigenvalue weighted by atomic mass is 10.2. The molecule has 0 aliphatic rings. The van der Waals surface area contributed by atoms with Crippen LogP contribution in [0.5, 0.6) is 0 Å². The quantitative estimate of drug-likeness (QED) is 0.731. The summed E-state index contributed by atoms with van der Waals surface area (Å²) in [5, 5.41) is 5.15. The van der Waals surface area contributed by atoms with Crippen molar-refractivity contribution in [3.8, 4) is 0 Å². The fourth-order valence-corrected chi connectivity index (χ4v) is 1.34. The molecule has 19 heavy (non-hydrogen) atoms. The van der Waals surface area contributed by atoms with E-state index in [9.17, 15) is 9.59 Å². The van der Waals surface area contributed by atoms with Gasteiger partial charge in [-0.15, -0.1) is 0 Å². The number of amides is 2. The van der Waals surface area contributed by atoms with Gasteiger partial charge in [0.1, 0.15) is 6.10 Å². The van der Waals surface area contributed by atoms with Crippen LogP contribution in [0, 0.1) is 0 Å². The molecule has 1 atom stereocenters. The first-order chi connectivity index (χ1) is 9.10. The molecule has 0 aliphatic carbocycles. The van der Waals surface area contributed by atoms with E-state index in [1.165, 1.54) is 14.2 Å². The first kappa shape index (κ1) is 14.9. The minimum Gasteiger partial charge on any atom is -0.453 e. The van der Waals surface area contributed by atoms with Gasteiger partial charge in [0.25, 0.3) is 5.91 Å². The van der Waals surface area contributed by atoms with Gasteiger partial charge in [-0.05, 0) is 24.3 Å². The normalized spacial score (nSPS) is 11.5. The number of rotatable bonds is 5. The van der Waals surface area contributed by atoms with Crippen molar-refractivity contribution in [2.24, 2.45) is 5.73 Å². The monoisotopic (exact) mass is 267 g/mol. The largest absolute Gasteiger partial charge is 0.453 e. The zero-order valence-electron chi connectivity index (χ0n) is 10.8. The number of carbonyl (C=O) groups is 2. The number of nitrogens with one attached hydrogen (secondary N) is 2. The zero-order valence-corrected chi connectivity index (χ0v) is 10.8. The van der Waals surface area contributed by atoms with E-state index in [2.05, 4.69) is 15.4 Å². The van der Waals surface area contributed by atoms with Crippen LogP contribution in [0.25, 0.3) is 0 Å². The molecule has 0 bridgehead atoms. The van der Waals surface area contributed by atoms with Gasteiger partial charge in [0, 0.05) is 25.0 Å². The number of methoxy groups -OCH3 is 2. The number of ether oxygens (including phenoxy) is 2. The molecule has 7 nitrogen and oxygen atoms in total. The topological polar surface area (TPSA) is 103 Å². The highest BCUT2D eigenvalue weighted by atomic mass is 16.5. The van der Waals surface area contributed by atoms with Gasteiger partial charge in [-0.25, -0.2) is 4.79 Å². The van der Waals surface area contributed by atoms with E-state index in [-0.39, 0.29) is 12.5 Å². The number of carbonyl (C=O) groups excluding carboxylic acids is 2. The van der Waals surface area contributed by atoms with E-state index in [4.69, 9.17) is 10.5 Å². The van der Waals surface area contributed by atoms with Crippen molar-refractivity contribution in [1.82, 2.24) is 0 Å². The molecule has 1 unspecified atom stereocenters. The lowest BCUT2D eigenvalue weighted by molar-refractivity contribution is -0.125. The van der Waals surface area contributed by atoms with Crippen LogP contribution in [0.4, 0.5) is 16.2 Å². The van der Waals surface area contributed by atoms with Crippen molar-refractivity contribution in [3.63, 3.8) is 0 Å². The molecular formula is C12H17N3O4. The highest BCUT2D eigenvalue weighted by Gasteiger charge is 2.15. The van der Waals surface area contributed by atoms with E-state index in [0.717, 1.165) is 0 Å². The highest BCUT2D eigenvalue weighted by Crippen LogP contribution is 2.14. The van der Waals surface area contributed by atoms with Gasteiger partial charge in [-0.1, -0.05) is 0 Å². The summed E-state index contributed by atoms with van der Waals surface area (Å²) < 4.78 is 9.37. The number of hydrogen-bond acceptors (Lipinski definition) is 5. The minimum atomic E-state index is -0.687. The smallest absolute Gasteiger partial charge is 0.411 e. The molecule has 0 fully saturated rings. The van der Waals surface area contributed by atoms with Crippen LogP contribution in [0.2, 0.25) is 0 Å². The summed E-state index contributed by atoms with van der Waals surface area (Å²) in [7, 11) is 2.70. The van der Waals surface area contributed by atoms with Crippen LogP contribution >= 0.6 is 0 Å². The van der Waals surface area contributed by atoms with Gasteiger partial charge in [0.2, 0.25) is 0 Å². The molecule has 1 rings (SSSR count). The summed E-state index contributed by atoms with van der Waals surface area (Å²) in [4.78, 5) is 22.7. The molecule has 104 valence electrons. The van der Waals surface area contributed by atoms with Crippen LogP contribution in [-0.2, 0) is 14.3 Å². The Labute approximate surface area is 111 Å². The van der Waals surface area contributed by atoms with Crippen molar-refractivity contribution in [2.45, 2.75) is 6.10 Å². The maximum absolute atomic E-state index is 11.7. The molecule has 0 saturated carbocycles. The molecular weight excluding hydrogens is 250 g/mol. The van der Waals surface area contributed by atoms with Crippen molar-refractivity contribution in [1.29, 1.82) is 0 Å². The minimum absolute atomic E-state index is 0.102. The van der Waals surface area contributed by atoms with Gasteiger partial charge >= 0.3 is 6.09 Å². The van der Waals surface area contributed by atoms with E-state index < -0.39 is 12.2 Å². The molecule has 0 spiro atoms. The average molecular weight is 267 g/mol. The Kier molecular flexibility index (Phi) is 5.77. The summed E-state index contributed by atoms with van der Waals surface area (Å²) in [6.07, 6.45) is -1.24. The lowest BCUT2D eigenvalue weighted by Gasteiger charge is -2.13. The maximum atomic E-state index is 11.7. The summed E-state index contributed by atoms with van der Waals surface area (Å²) >= 11 is 0. The Bertz CT molecular complexity index is 429. The Morgan fingerprint density at radius 1 is 1.16 bits per heavy atom. The third kappa shape index (κ3) is 4.57. The Morgan fingerprint density at radius 2 is 1.68 bits per heavy atom. The molecule has 0 saturated heterocycles. The van der Waals surface area contributed by atoms with Crippen LogP contribution in [0.1, 0.15) is 0 Å². The molecule has 1 aromatic carbocycles. The van der Waals surface area contributed by atoms with Crippen LogP contribution in [0.3, 0.4) is 0 Å². The molecule has 0 radical (unpaired) electrons. The van der Waals surface area contributed by atoms with E-state index in [1.807, 2.05) is 0 Å². The van der Waals surface area contributed by atoms with Crippen molar-refractivity contribution in [3.05, 3.63) is 24.3 Å². The Hall–Kier alpha value is -2.12. The first-order valence-corrected chi connectivity index (χ1v) is 5.59.